The van der Waals surface area contributed by atoms with E-state index in [1.54, 1.807) is 6.07 Å². The molecule has 0 aliphatic carbocycles. The molecule has 1 aromatic carbocycles. The van der Waals surface area contributed by atoms with Crippen LogP contribution in [-0.4, -0.2) is 49.5 Å². The molecule has 24 heavy (non-hydrogen) atoms. The van der Waals surface area contributed by atoms with Crippen LogP contribution in [-0.2, 0) is 4.74 Å². The zero-order valence-electron chi connectivity index (χ0n) is 14.3. The number of anilines is 2. The summed E-state index contributed by atoms with van der Waals surface area (Å²) in [5, 5.41) is 8.11. The second kappa shape index (κ2) is 6.86. The summed E-state index contributed by atoms with van der Waals surface area (Å²) in [6.07, 6.45) is 0. The first-order chi connectivity index (χ1) is 11.6. The molecular weight excluding hydrogens is 304 g/mol. The third kappa shape index (κ3) is 3.32. The first kappa shape index (κ1) is 16.2. The Morgan fingerprint density at radius 2 is 1.71 bits per heavy atom. The van der Waals surface area contributed by atoms with Crippen LogP contribution in [0.3, 0.4) is 0 Å². The number of methoxy groups -OCH3 is 1. The molecule has 3 rings (SSSR count). The van der Waals surface area contributed by atoms with E-state index in [0.29, 0.717) is 0 Å². The summed E-state index contributed by atoms with van der Waals surface area (Å²) in [5.41, 5.74) is 4.12. The van der Waals surface area contributed by atoms with Crippen LogP contribution in [0.5, 0.6) is 0 Å². The minimum Gasteiger partial charge on any atom is -0.464 e. The Labute approximate surface area is 142 Å². The average molecular weight is 326 g/mol. The number of piperazine rings is 1. The van der Waals surface area contributed by atoms with Crippen LogP contribution in [0.4, 0.5) is 11.5 Å². The van der Waals surface area contributed by atoms with Gasteiger partial charge in [0.25, 0.3) is 0 Å². The summed E-state index contributed by atoms with van der Waals surface area (Å²) in [4.78, 5) is 16.0. The molecule has 0 saturated carbocycles. The van der Waals surface area contributed by atoms with E-state index in [1.807, 2.05) is 6.07 Å². The smallest absolute Gasteiger partial charge is 0.358 e. The SMILES string of the molecule is COC(=O)c1ccc(N2CCN(c3cc(C)ccc3C)CC2)nn1. The predicted octanol–water partition coefficient (Wildman–Crippen LogP) is 2.21. The van der Waals surface area contributed by atoms with E-state index >= 15 is 0 Å². The van der Waals surface area contributed by atoms with Crippen LogP contribution in [0.25, 0.3) is 0 Å². The number of rotatable bonds is 3. The van der Waals surface area contributed by atoms with Gasteiger partial charge in [0, 0.05) is 31.9 Å². The number of aromatic nitrogens is 2. The molecule has 0 spiro atoms. The van der Waals surface area contributed by atoms with Crippen LogP contribution in [0, 0.1) is 13.8 Å². The second-order valence-electron chi connectivity index (χ2n) is 6.03. The molecule has 1 saturated heterocycles. The van der Waals surface area contributed by atoms with E-state index in [0.717, 1.165) is 32.0 Å². The monoisotopic (exact) mass is 326 g/mol. The highest BCUT2D eigenvalue weighted by molar-refractivity contribution is 5.87. The van der Waals surface area contributed by atoms with Gasteiger partial charge in [-0.25, -0.2) is 4.79 Å². The molecule has 126 valence electrons. The Hall–Kier alpha value is -2.63. The zero-order chi connectivity index (χ0) is 17.1. The maximum Gasteiger partial charge on any atom is 0.358 e. The number of esters is 1. The van der Waals surface area contributed by atoms with Crippen LogP contribution in [0.1, 0.15) is 21.6 Å². The normalized spacial score (nSPS) is 14.6. The number of hydrogen-bond donors (Lipinski definition) is 0. The van der Waals surface area contributed by atoms with Gasteiger partial charge in [-0.15, -0.1) is 10.2 Å². The van der Waals surface area contributed by atoms with E-state index in [-0.39, 0.29) is 5.69 Å². The zero-order valence-corrected chi connectivity index (χ0v) is 14.3. The van der Waals surface area contributed by atoms with Crippen molar-refractivity contribution < 1.29 is 9.53 Å². The van der Waals surface area contributed by atoms with Gasteiger partial charge >= 0.3 is 5.97 Å². The minimum absolute atomic E-state index is 0.232. The number of nitrogens with zero attached hydrogens (tertiary/aromatic N) is 4. The van der Waals surface area contributed by atoms with Gasteiger partial charge in [0.05, 0.1) is 7.11 Å². The number of aryl methyl sites for hydroxylation is 2. The van der Waals surface area contributed by atoms with Gasteiger partial charge in [0.1, 0.15) is 0 Å². The molecule has 0 amide bonds. The van der Waals surface area contributed by atoms with Gasteiger partial charge in [0.15, 0.2) is 11.5 Å². The van der Waals surface area contributed by atoms with Crippen molar-refractivity contribution in [3.63, 3.8) is 0 Å². The molecule has 1 fully saturated rings. The van der Waals surface area contributed by atoms with E-state index in [2.05, 4.69) is 56.8 Å². The molecule has 6 heteroatoms. The Balaban J connectivity index is 1.66. The van der Waals surface area contributed by atoms with Crippen LogP contribution in [0.15, 0.2) is 30.3 Å². The van der Waals surface area contributed by atoms with E-state index in [4.69, 9.17) is 0 Å². The van der Waals surface area contributed by atoms with Crippen LogP contribution < -0.4 is 9.80 Å². The van der Waals surface area contributed by atoms with E-state index < -0.39 is 5.97 Å². The number of hydrogen-bond acceptors (Lipinski definition) is 6. The van der Waals surface area contributed by atoms with Crippen molar-refractivity contribution in [1.82, 2.24) is 10.2 Å². The standard InChI is InChI=1S/C18H22N4O2/c1-13-4-5-14(2)16(12-13)21-8-10-22(11-9-21)17-7-6-15(19-20-17)18(23)24-3/h4-7,12H,8-11H2,1-3H3. The molecule has 1 aliphatic rings. The van der Waals surface area contributed by atoms with Gasteiger partial charge in [-0.3, -0.25) is 0 Å². The first-order valence-corrected chi connectivity index (χ1v) is 8.07. The molecule has 2 aromatic rings. The maximum absolute atomic E-state index is 11.4. The Bertz CT molecular complexity index is 722. The van der Waals surface area contributed by atoms with Crippen molar-refractivity contribution in [3.8, 4) is 0 Å². The van der Waals surface area contributed by atoms with Gasteiger partial charge in [0.2, 0.25) is 0 Å². The van der Waals surface area contributed by atoms with Crippen molar-refractivity contribution in [3.05, 3.63) is 47.2 Å². The second-order valence-corrected chi connectivity index (χ2v) is 6.03. The largest absolute Gasteiger partial charge is 0.464 e. The summed E-state index contributed by atoms with van der Waals surface area (Å²) in [5.74, 6) is 0.331. The van der Waals surface area contributed by atoms with E-state index in [9.17, 15) is 4.79 Å². The Morgan fingerprint density at radius 1 is 1.00 bits per heavy atom. The highest BCUT2D eigenvalue weighted by Crippen LogP contribution is 2.24. The highest BCUT2D eigenvalue weighted by atomic mass is 16.5. The van der Waals surface area contributed by atoms with Crippen LogP contribution >= 0.6 is 0 Å². The molecule has 0 bridgehead atoms. The molecule has 6 nitrogen and oxygen atoms in total. The molecule has 0 unspecified atom stereocenters. The highest BCUT2D eigenvalue weighted by Gasteiger charge is 2.20. The minimum atomic E-state index is -0.464. The summed E-state index contributed by atoms with van der Waals surface area (Å²) >= 11 is 0. The van der Waals surface area contributed by atoms with Crippen molar-refractivity contribution >= 4 is 17.5 Å². The molecule has 0 N–H and O–H groups in total. The summed E-state index contributed by atoms with van der Waals surface area (Å²) in [7, 11) is 1.34. The fraction of sp³-hybridized carbons (Fsp3) is 0.389. The van der Waals surface area contributed by atoms with Crippen molar-refractivity contribution in [2.24, 2.45) is 0 Å². The van der Waals surface area contributed by atoms with E-state index in [1.165, 1.54) is 23.9 Å². The molecule has 1 aliphatic heterocycles. The summed E-state index contributed by atoms with van der Waals surface area (Å²) in [6, 6.07) is 10.1. The molecule has 1 aromatic heterocycles. The molecule has 0 radical (unpaired) electrons. The number of carbonyl (C=O) groups is 1. The average Bonchev–Trinajstić information content (AvgIpc) is 2.63. The van der Waals surface area contributed by atoms with Crippen molar-refractivity contribution in [2.45, 2.75) is 13.8 Å². The summed E-state index contributed by atoms with van der Waals surface area (Å²) < 4.78 is 4.64. The Kier molecular flexibility index (Phi) is 4.64. The fourth-order valence-electron chi connectivity index (χ4n) is 2.94. The third-order valence-corrected chi connectivity index (χ3v) is 4.35. The lowest BCUT2D eigenvalue weighted by molar-refractivity contribution is 0.0592. The number of carbonyl (C=O) groups excluding carboxylic acids is 1. The molecule has 2 heterocycles. The fourth-order valence-corrected chi connectivity index (χ4v) is 2.94. The molecule has 0 atom stereocenters. The van der Waals surface area contributed by atoms with Crippen molar-refractivity contribution in [2.75, 3.05) is 43.1 Å². The van der Waals surface area contributed by atoms with Gasteiger partial charge in [-0.2, -0.15) is 0 Å². The number of ether oxygens (including phenoxy) is 1. The summed E-state index contributed by atoms with van der Waals surface area (Å²) in [6.45, 7) is 7.89. The molecular formula is C18H22N4O2. The maximum atomic E-state index is 11.4. The number of benzene rings is 1. The predicted molar refractivity (Wildman–Crippen MR) is 93.7 cm³/mol. The van der Waals surface area contributed by atoms with Gasteiger partial charge < -0.3 is 14.5 Å². The first-order valence-electron chi connectivity index (χ1n) is 8.07. The van der Waals surface area contributed by atoms with Crippen molar-refractivity contribution in [1.29, 1.82) is 0 Å². The third-order valence-electron chi connectivity index (χ3n) is 4.35. The lowest BCUT2D eigenvalue weighted by atomic mass is 10.1. The van der Waals surface area contributed by atoms with Gasteiger partial charge in [-0.1, -0.05) is 12.1 Å². The Morgan fingerprint density at radius 3 is 2.33 bits per heavy atom. The quantitative estimate of drug-likeness (QED) is 0.806. The topological polar surface area (TPSA) is 58.6 Å². The lowest BCUT2D eigenvalue weighted by Crippen LogP contribution is -2.47. The van der Waals surface area contributed by atoms with Gasteiger partial charge in [-0.05, 0) is 43.2 Å². The lowest BCUT2D eigenvalue weighted by Gasteiger charge is -2.37. The van der Waals surface area contributed by atoms with Crippen LogP contribution in [0.2, 0.25) is 0 Å².